The van der Waals surface area contributed by atoms with Gasteiger partial charge in [-0.1, -0.05) is 49.9 Å². The Bertz CT molecular complexity index is 624. The van der Waals surface area contributed by atoms with Crippen LogP contribution in [0, 0.1) is 11.8 Å². The van der Waals surface area contributed by atoms with Crippen LogP contribution < -0.4 is 5.32 Å². The number of hydrogen-bond acceptors (Lipinski definition) is 3. The molecular formula is C15H19Cl2N3S. The van der Waals surface area contributed by atoms with Crippen molar-refractivity contribution in [2.24, 2.45) is 20.6 Å². The second-order valence-electron chi connectivity index (χ2n) is 6.19. The van der Waals surface area contributed by atoms with Gasteiger partial charge < -0.3 is 5.32 Å². The highest BCUT2D eigenvalue weighted by Gasteiger charge is 2.26. The smallest absolute Gasteiger partial charge is 0.130 e. The third-order valence-corrected chi connectivity index (χ3v) is 5.56. The van der Waals surface area contributed by atoms with Crippen molar-refractivity contribution in [3.05, 3.63) is 16.1 Å². The molecule has 1 aliphatic carbocycles. The molecule has 6 heteroatoms. The van der Waals surface area contributed by atoms with Crippen LogP contribution in [0.1, 0.15) is 39.5 Å². The van der Waals surface area contributed by atoms with E-state index in [1.54, 1.807) is 6.07 Å². The quantitative estimate of drug-likeness (QED) is 0.692. The summed E-state index contributed by atoms with van der Waals surface area (Å²) in [6, 6.07) is 2.22. The summed E-state index contributed by atoms with van der Waals surface area (Å²) in [6.45, 7) is 4.62. The van der Waals surface area contributed by atoms with Crippen molar-refractivity contribution in [2.75, 3.05) is 5.32 Å². The van der Waals surface area contributed by atoms with Crippen molar-refractivity contribution in [2.45, 2.75) is 45.6 Å². The summed E-state index contributed by atoms with van der Waals surface area (Å²) >= 11 is 13.7. The summed E-state index contributed by atoms with van der Waals surface area (Å²) in [5.41, 5.74) is 2.42. The topological polar surface area (TPSA) is 36.8 Å². The monoisotopic (exact) mass is 343 g/mol. The summed E-state index contributed by atoms with van der Waals surface area (Å²) in [5, 5.41) is 4.80. The first-order valence-corrected chi connectivity index (χ1v) is 8.91. The maximum atomic E-state index is 6.37. The predicted molar refractivity (Wildman–Crippen MR) is 92.2 cm³/mol. The lowest BCUT2D eigenvalue weighted by atomic mass is 9.79. The lowest BCUT2D eigenvalue weighted by Gasteiger charge is -2.33. The molecule has 21 heavy (non-hydrogen) atoms. The number of rotatable bonds is 3. The molecule has 1 fully saturated rings. The standard InChI is InChI=1S/C15H19Cl2N3S/c1-8(2)9-4-3-5-10(6-9)18-13-11(16)7-12(17)14-15(13)20-21-19-14/h7-10,18H,3-6H2,1-2H3. The first-order chi connectivity index (χ1) is 10.1. The van der Waals surface area contributed by atoms with E-state index in [0.717, 1.165) is 28.9 Å². The van der Waals surface area contributed by atoms with Crippen LogP contribution in [0.5, 0.6) is 0 Å². The fraction of sp³-hybridized carbons (Fsp3) is 0.600. The maximum Gasteiger partial charge on any atom is 0.130 e. The minimum atomic E-state index is 0.453. The number of nitrogens with zero attached hydrogens (tertiary/aromatic N) is 2. The van der Waals surface area contributed by atoms with Gasteiger partial charge in [0.1, 0.15) is 11.4 Å². The van der Waals surface area contributed by atoms with Crippen LogP contribution in [0.3, 0.4) is 0 Å². The third-order valence-electron chi connectivity index (χ3n) is 4.45. The minimum Gasteiger partial charge on any atom is -0.379 e. The zero-order chi connectivity index (χ0) is 15.0. The zero-order valence-corrected chi connectivity index (χ0v) is 14.5. The molecule has 2 atom stereocenters. The van der Waals surface area contributed by atoms with E-state index in [1.807, 2.05) is 0 Å². The highest BCUT2D eigenvalue weighted by atomic mass is 35.5. The Morgan fingerprint density at radius 3 is 2.71 bits per heavy atom. The van der Waals surface area contributed by atoms with Crippen LogP contribution in [-0.4, -0.2) is 6.04 Å². The van der Waals surface area contributed by atoms with E-state index in [4.69, 9.17) is 23.2 Å². The molecule has 114 valence electrons. The fourth-order valence-corrected chi connectivity index (χ4v) is 4.35. The molecule has 0 bridgehead atoms. The van der Waals surface area contributed by atoms with E-state index < -0.39 is 0 Å². The Labute approximate surface area is 139 Å². The highest BCUT2D eigenvalue weighted by molar-refractivity contribution is 7.58. The number of hydrogen-bond donors (Lipinski definition) is 1. The second kappa shape index (κ2) is 6.27. The molecule has 1 heterocycles. The largest absolute Gasteiger partial charge is 0.379 e. The van der Waals surface area contributed by atoms with Crippen LogP contribution in [0.25, 0.3) is 0 Å². The van der Waals surface area contributed by atoms with E-state index in [2.05, 4.69) is 27.9 Å². The van der Waals surface area contributed by atoms with Gasteiger partial charge in [0.2, 0.25) is 0 Å². The minimum absolute atomic E-state index is 0.453. The van der Waals surface area contributed by atoms with Crippen molar-refractivity contribution in [1.82, 2.24) is 0 Å². The summed E-state index contributed by atoms with van der Waals surface area (Å²) in [6.07, 6.45) is 4.97. The van der Waals surface area contributed by atoms with Crippen LogP contribution in [-0.2, 0) is 11.4 Å². The van der Waals surface area contributed by atoms with Crippen molar-refractivity contribution >= 4 is 51.6 Å². The molecule has 3 nitrogen and oxygen atoms in total. The van der Waals surface area contributed by atoms with Gasteiger partial charge in [-0.15, -0.1) is 0 Å². The third kappa shape index (κ3) is 3.13. The van der Waals surface area contributed by atoms with Gasteiger partial charge in [0, 0.05) is 6.04 Å². The van der Waals surface area contributed by atoms with Crippen molar-refractivity contribution in [3.63, 3.8) is 0 Å². The van der Waals surface area contributed by atoms with Crippen molar-refractivity contribution in [1.29, 1.82) is 0 Å². The van der Waals surface area contributed by atoms with Gasteiger partial charge in [0.05, 0.1) is 27.1 Å². The van der Waals surface area contributed by atoms with Crippen molar-refractivity contribution < 1.29 is 0 Å². The van der Waals surface area contributed by atoms with Gasteiger partial charge in [-0.05, 0) is 30.7 Å². The molecule has 1 aliphatic heterocycles. The Balaban J connectivity index is 1.83. The Morgan fingerprint density at radius 1 is 1.19 bits per heavy atom. The number of benzene rings is 1. The number of anilines is 1. The Morgan fingerprint density at radius 2 is 1.95 bits per heavy atom. The molecule has 0 radical (unpaired) electrons. The average molecular weight is 344 g/mol. The molecule has 1 aromatic rings. The lowest BCUT2D eigenvalue weighted by molar-refractivity contribution is 0.264. The highest BCUT2D eigenvalue weighted by Crippen LogP contribution is 2.48. The zero-order valence-electron chi connectivity index (χ0n) is 12.2. The SMILES string of the molecule is CC(C)C1CCCC(Nc2c(Cl)cc(Cl)c3c2N=S=N3)C1. The molecule has 0 amide bonds. The normalized spacial score (nSPS) is 24.0. The van der Waals surface area contributed by atoms with Gasteiger partial charge in [-0.3, -0.25) is 0 Å². The van der Waals surface area contributed by atoms with Crippen molar-refractivity contribution in [3.8, 4) is 0 Å². The van der Waals surface area contributed by atoms with E-state index in [0.29, 0.717) is 16.1 Å². The van der Waals surface area contributed by atoms with Crippen LogP contribution >= 0.6 is 23.2 Å². The summed E-state index contributed by atoms with van der Waals surface area (Å²) in [4.78, 5) is 0. The molecule has 1 aromatic carbocycles. The Hall–Kier alpha value is -0.580. The van der Waals surface area contributed by atoms with Gasteiger partial charge >= 0.3 is 0 Å². The molecule has 0 spiro atoms. The molecule has 3 rings (SSSR count). The molecule has 2 aliphatic rings. The second-order valence-corrected chi connectivity index (χ2v) is 7.53. The molecular weight excluding hydrogens is 325 g/mol. The fourth-order valence-electron chi connectivity index (χ4n) is 3.18. The van der Waals surface area contributed by atoms with E-state index >= 15 is 0 Å². The van der Waals surface area contributed by atoms with Crippen LogP contribution in [0.2, 0.25) is 10.0 Å². The lowest BCUT2D eigenvalue weighted by Crippen LogP contribution is -2.29. The summed E-state index contributed by atoms with van der Waals surface area (Å²) in [7, 11) is 0. The number of halogens is 2. The molecule has 1 saturated carbocycles. The van der Waals surface area contributed by atoms with E-state index in [-0.39, 0.29) is 0 Å². The molecule has 0 aromatic heterocycles. The predicted octanol–water partition coefficient (Wildman–Crippen LogP) is 6.35. The van der Waals surface area contributed by atoms with Gasteiger partial charge in [-0.25, -0.2) is 0 Å². The first-order valence-electron chi connectivity index (χ1n) is 7.43. The molecule has 0 saturated heterocycles. The van der Waals surface area contributed by atoms with Gasteiger partial charge in [-0.2, -0.15) is 8.73 Å². The first kappa shape index (κ1) is 15.3. The Kier molecular flexibility index (Phi) is 4.57. The number of nitrogens with one attached hydrogen (secondary N) is 1. The van der Waals surface area contributed by atoms with Gasteiger partial charge in [0.25, 0.3) is 0 Å². The van der Waals surface area contributed by atoms with Crippen LogP contribution in [0.15, 0.2) is 14.8 Å². The van der Waals surface area contributed by atoms with Crippen LogP contribution in [0.4, 0.5) is 17.1 Å². The van der Waals surface area contributed by atoms with Gasteiger partial charge in [0.15, 0.2) is 0 Å². The number of fused-ring (bicyclic) bond motifs is 1. The summed E-state index contributed by atoms with van der Waals surface area (Å²) < 4.78 is 8.62. The summed E-state index contributed by atoms with van der Waals surface area (Å²) in [5.74, 6) is 1.52. The van der Waals surface area contributed by atoms with E-state index in [9.17, 15) is 0 Å². The average Bonchev–Trinajstić information content (AvgIpc) is 2.93. The van der Waals surface area contributed by atoms with E-state index in [1.165, 1.54) is 37.0 Å². The maximum absolute atomic E-state index is 6.37. The molecule has 2 unspecified atom stereocenters. The molecule has 1 N–H and O–H groups in total.